The average molecular weight is 330 g/mol. The zero-order valence-corrected chi connectivity index (χ0v) is 14.0. The highest BCUT2D eigenvalue weighted by Crippen LogP contribution is 2.29. The Morgan fingerprint density at radius 3 is 2.09 bits per heavy atom. The second-order valence-corrected chi connectivity index (χ2v) is 6.57. The van der Waals surface area contributed by atoms with Gasteiger partial charge in [0.15, 0.2) is 0 Å². The molecule has 0 fully saturated rings. The first-order valence-corrected chi connectivity index (χ1v) is 7.68. The number of benzene rings is 1. The normalized spacial score (nSPS) is 16.0. The first-order valence-electron chi connectivity index (χ1n) is 7.68. The first-order chi connectivity index (χ1) is 10.5. The summed E-state index contributed by atoms with van der Waals surface area (Å²) in [7, 11) is 0. The number of hydrogen-bond donors (Lipinski definition) is 2. The van der Waals surface area contributed by atoms with E-state index in [9.17, 15) is 18.0 Å². The van der Waals surface area contributed by atoms with Crippen molar-refractivity contribution in [1.29, 1.82) is 0 Å². The van der Waals surface area contributed by atoms with Gasteiger partial charge in [0.25, 0.3) is 0 Å². The summed E-state index contributed by atoms with van der Waals surface area (Å²) in [5.74, 6) is -0.322. The van der Waals surface area contributed by atoms with E-state index in [1.54, 1.807) is 6.92 Å². The molecule has 0 bridgehead atoms. The summed E-state index contributed by atoms with van der Waals surface area (Å²) < 4.78 is 37.6. The van der Waals surface area contributed by atoms with Gasteiger partial charge >= 0.3 is 6.18 Å². The number of alkyl halides is 3. The number of rotatable bonds is 6. The fraction of sp³-hybridized carbons (Fsp3) is 0.588. The van der Waals surface area contributed by atoms with Crippen molar-refractivity contribution in [2.45, 2.75) is 45.8 Å². The van der Waals surface area contributed by atoms with E-state index in [1.807, 2.05) is 20.8 Å². The Balaban J connectivity index is 2.72. The van der Waals surface area contributed by atoms with Crippen LogP contribution in [0, 0.1) is 11.8 Å². The largest absolute Gasteiger partial charge is 0.416 e. The molecule has 0 saturated carbocycles. The van der Waals surface area contributed by atoms with E-state index in [0.29, 0.717) is 18.5 Å². The minimum atomic E-state index is -4.35. The smallest absolute Gasteiger partial charge is 0.349 e. The van der Waals surface area contributed by atoms with Gasteiger partial charge in [-0.15, -0.1) is 0 Å². The second kappa shape index (κ2) is 7.34. The third-order valence-corrected chi connectivity index (χ3v) is 4.38. The van der Waals surface area contributed by atoms with Gasteiger partial charge in [0.2, 0.25) is 5.91 Å². The van der Waals surface area contributed by atoms with Crippen molar-refractivity contribution in [3.63, 3.8) is 0 Å². The summed E-state index contributed by atoms with van der Waals surface area (Å²) in [5.41, 5.74) is 5.26. The molecule has 3 nitrogen and oxygen atoms in total. The third kappa shape index (κ3) is 5.23. The molecular weight excluding hydrogens is 305 g/mol. The molecule has 1 rings (SSSR count). The van der Waals surface area contributed by atoms with Gasteiger partial charge in [0.05, 0.1) is 11.1 Å². The molecule has 0 aromatic heterocycles. The van der Waals surface area contributed by atoms with Crippen molar-refractivity contribution in [2.75, 3.05) is 6.54 Å². The van der Waals surface area contributed by atoms with Gasteiger partial charge in [0.1, 0.15) is 0 Å². The van der Waals surface area contributed by atoms with Crippen LogP contribution < -0.4 is 11.1 Å². The molecule has 0 aliphatic heterocycles. The molecule has 23 heavy (non-hydrogen) atoms. The minimum absolute atomic E-state index is 0.147. The lowest BCUT2D eigenvalue weighted by atomic mass is 9.87. The standard InChI is InChI=1S/C17H25F3N2O/c1-11(2)16(4,10-21)22-15(23)12(3)9-13-5-7-14(8-6-13)17(18,19)20/h5-8,11-12H,9-10,21H2,1-4H3,(H,22,23). The van der Waals surface area contributed by atoms with Gasteiger partial charge in [-0.25, -0.2) is 0 Å². The quantitative estimate of drug-likeness (QED) is 0.840. The number of hydrogen-bond acceptors (Lipinski definition) is 2. The topological polar surface area (TPSA) is 55.1 Å². The average Bonchev–Trinajstić information content (AvgIpc) is 2.46. The zero-order chi connectivity index (χ0) is 17.8. The summed E-state index contributed by atoms with van der Waals surface area (Å²) in [6.45, 7) is 7.93. The highest BCUT2D eigenvalue weighted by atomic mass is 19.4. The van der Waals surface area contributed by atoms with Crippen LogP contribution in [0.1, 0.15) is 38.8 Å². The van der Waals surface area contributed by atoms with Gasteiger partial charge in [0, 0.05) is 12.5 Å². The fourth-order valence-corrected chi connectivity index (χ4v) is 2.11. The predicted octanol–water partition coefficient (Wildman–Crippen LogP) is 3.37. The molecule has 3 N–H and O–H groups in total. The molecule has 1 amide bonds. The lowest BCUT2D eigenvalue weighted by Gasteiger charge is -2.34. The Hall–Kier alpha value is -1.56. The summed E-state index contributed by atoms with van der Waals surface area (Å²) in [4.78, 5) is 12.3. The van der Waals surface area contributed by atoms with Crippen molar-refractivity contribution in [2.24, 2.45) is 17.6 Å². The maximum Gasteiger partial charge on any atom is 0.416 e. The van der Waals surface area contributed by atoms with Crippen molar-refractivity contribution >= 4 is 5.91 Å². The Bertz CT molecular complexity index is 526. The van der Waals surface area contributed by atoms with Crippen LogP contribution in [0.2, 0.25) is 0 Å². The number of carbonyl (C=O) groups excluding carboxylic acids is 1. The van der Waals surface area contributed by atoms with E-state index in [4.69, 9.17) is 5.73 Å². The van der Waals surface area contributed by atoms with Crippen LogP contribution in [-0.4, -0.2) is 18.0 Å². The van der Waals surface area contributed by atoms with Crippen LogP contribution in [0.5, 0.6) is 0 Å². The molecular formula is C17H25F3N2O. The molecule has 0 aliphatic carbocycles. The molecule has 0 heterocycles. The lowest BCUT2D eigenvalue weighted by Crippen LogP contribution is -2.56. The number of halogens is 3. The van der Waals surface area contributed by atoms with Gasteiger partial charge in [-0.1, -0.05) is 32.9 Å². The monoisotopic (exact) mass is 330 g/mol. The van der Waals surface area contributed by atoms with Crippen LogP contribution in [0.3, 0.4) is 0 Å². The Morgan fingerprint density at radius 1 is 1.17 bits per heavy atom. The molecule has 6 heteroatoms. The fourth-order valence-electron chi connectivity index (χ4n) is 2.11. The van der Waals surface area contributed by atoms with E-state index in [0.717, 1.165) is 12.1 Å². The molecule has 0 spiro atoms. The zero-order valence-electron chi connectivity index (χ0n) is 14.0. The highest BCUT2D eigenvalue weighted by Gasteiger charge is 2.31. The summed E-state index contributed by atoms with van der Waals surface area (Å²) in [6, 6.07) is 4.91. The molecule has 2 unspecified atom stereocenters. The van der Waals surface area contributed by atoms with E-state index in [-0.39, 0.29) is 17.7 Å². The number of nitrogens with one attached hydrogen (secondary N) is 1. The Morgan fingerprint density at radius 2 is 1.70 bits per heavy atom. The van der Waals surface area contributed by atoms with E-state index < -0.39 is 17.3 Å². The van der Waals surface area contributed by atoms with E-state index in [1.165, 1.54) is 12.1 Å². The maximum absolute atomic E-state index is 12.5. The third-order valence-electron chi connectivity index (χ3n) is 4.38. The van der Waals surface area contributed by atoms with Crippen molar-refractivity contribution < 1.29 is 18.0 Å². The molecule has 0 radical (unpaired) electrons. The van der Waals surface area contributed by atoms with Crippen LogP contribution in [-0.2, 0) is 17.4 Å². The molecule has 2 atom stereocenters. The SMILES string of the molecule is CC(Cc1ccc(C(F)(F)F)cc1)C(=O)NC(C)(CN)C(C)C. The van der Waals surface area contributed by atoms with Crippen molar-refractivity contribution in [1.82, 2.24) is 5.32 Å². The van der Waals surface area contributed by atoms with Gasteiger partial charge in [-0.05, 0) is 37.0 Å². The molecule has 0 saturated heterocycles. The second-order valence-electron chi connectivity index (χ2n) is 6.57. The van der Waals surface area contributed by atoms with Crippen molar-refractivity contribution in [3.05, 3.63) is 35.4 Å². The number of amides is 1. The van der Waals surface area contributed by atoms with E-state index in [2.05, 4.69) is 5.32 Å². The molecule has 130 valence electrons. The molecule has 1 aromatic carbocycles. The number of carbonyl (C=O) groups is 1. The Kier molecular flexibility index (Phi) is 6.22. The molecule has 0 aliphatic rings. The maximum atomic E-state index is 12.5. The number of nitrogens with two attached hydrogens (primary N) is 1. The van der Waals surface area contributed by atoms with Crippen LogP contribution in [0.25, 0.3) is 0 Å². The lowest BCUT2D eigenvalue weighted by molar-refractivity contribution is -0.137. The summed E-state index contributed by atoms with van der Waals surface area (Å²) in [5, 5.41) is 2.95. The van der Waals surface area contributed by atoms with E-state index >= 15 is 0 Å². The minimum Gasteiger partial charge on any atom is -0.349 e. The van der Waals surface area contributed by atoms with Crippen LogP contribution in [0.15, 0.2) is 24.3 Å². The van der Waals surface area contributed by atoms with Gasteiger partial charge in [-0.2, -0.15) is 13.2 Å². The molecule has 1 aromatic rings. The first kappa shape index (κ1) is 19.5. The van der Waals surface area contributed by atoms with Crippen LogP contribution >= 0.6 is 0 Å². The van der Waals surface area contributed by atoms with Gasteiger partial charge in [-0.3, -0.25) is 4.79 Å². The summed E-state index contributed by atoms with van der Waals surface area (Å²) >= 11 is 0. The Labute approximate surface area is 135 Å². The summed E-state index contributed by atoms with van der Waals surface area (Å²) in [6.07, 6.45) is -3.97. The van der Waals surface area contributed by atoms with Crippen molar-refractivity contribution in [3.8, 4) is 0 Å². The predicted molar refractivity (Wildman–Crippen MR) is 84.8 cm³/mol. The van der Waals surface area contributed by atoms with Gasteiger partial charge < -0.3 is 11.1 Å². The van der Waals surface area contributed by atoms with Crippen LogP contribution in [0.4, 0.5) is 13.2 Å². The highest BCUT2D eigenvalue weighted by molar-refractivity contribution is 5.79.